The summed E-state index contributed by atoms with van der Waals surface area (Å²) in [6.45, 7) is 10.3. The van der Waals surface area contributed by atoms with Gasteiger partial charge >= 0.3 is 0 Å². The fourth-order valence-corrected chi connectivity index (χ4v) is 6.09. The molecule has 0 spiro atoms. The third kappa shape index (κ3) is 5.50. The van der Waals surface area contributed by atoms with Crippen LogP contribution in [0.2, 0.25) is 0 Å². The second kappa shape index (κ2) is 10.1. The first kappa shape index (κ1) is 21.6. The number of hydrogen-bond donors (Lipinski definition) is 2. The molecule has 10 heteroatoms. The molecule has 0 radical (unpaired) electrons. The number of aromatic nitrogens is 1. The lowest BCUT2D eigenvalue weighted by atomic mass is 10.3. The predicted octanol–water partition coefficient (Wildman–Crippen LogP) is 0.510. The molecule has 3 heterocycles. The standard InChI is InChI=1S/C18H31N5O3S2/c1-2-21-6-8-22(9-7-21)5-3-4-19-18(24)17-14-16(15-20-17)28(25,26)23-10-12-27-13-11-23/h14-15,20H,2-13H2,1H3,(H,19,24). The van der Waals surface area contributed by atoms with Crippen molar-refractivity contribution in [1.29, 1.82) is 0 Å². The summed E-state index contributed by atoms with van der Waals surface area (Å²) in [6, 6.07) is 1.44. The molecule has 1 amide bonds. The van der Waals surface area contributed by atoms with Crippen molar-refractivity contribution < 1.29 is 13.2 Å². The fourth-order valence-electron chi connectivity index (χ4n) is 3.52. The number of H-pyrrole nitrogens is 1. The van der Waals surface area contributed by atoms with E-state index in [-0.39, 0.29) is 10.8 Å². The van der Waals surface area contributed by atoms with Gasteiger partial charge in [0.1, 0.15) is 10.6 Å². The van der Waals surface area contributed by atoms with Gasteiger partial charge in [-0.25, -0.2) is 8.42 Å². The Labute approximate surface area is 172 Å². The van der Waals surface area contributed by atoms with Crippen LogP contribution in [0.25, 0.3) is 0 Å². The van der Waals surface area contributed by atoms with Crippen molar-refractivity contribution in [1.82, 2.24) is 24.4 Å². The highest BCUT2D eigenvalue weighted by Crippen LogP contribution is 2.20. The lowest BCUT2D eigenvalue weighted by Gasteiger charge is -2.33. The summed E-state index contributed by atoms with van der Waals surface area (Å²) in [7, 11) is -3.52. The van der Waals surface area contributed by atoms with Gasteiger partial charge in [0.25, 0.3) is 5.91 Å². The van der Waals surface area contributed by atoms with E-state index in [2.05, 4.69) is 27.0 Å². The van der Waals surface area contributed by atoms with E-state index in [1.54, 1.807) is 11.8 Å². The van der Waals surface area contributed by atoms with E-state index < -0.39 is 10.0 Å². The summed E-state index contributed by atoms with van der Waals surface area (Å²) in [4.78, 5) is 20.2. The average molecular weight is 430 g/mol. The van der Waals surface area contributed by atoms with E-state index in [1.165, 1.54) is 16.6 Å². The summed E-state index contributed by atoms with van der Waals surface area (Å²) < 4.78 is 26.8. The molecule has 0 aliphatic carbocycles. The summed E-state index contributed by atoms with van der Waals surface area (Å²) in [6.07, 6.45) is 2.30. The number of piperazine rings is 1. The highest BCUT2D eigenvalue weighted by atomic mass is 32.2. The molecule has 0 saturated carbocycles. The van der Waals surface area contributed by atoms with E-state index in [0.29, 0.717) is 25.3 Å². The van der Waals surface area contributed by atoms with E-state index in [9.17, 15) is 13.2 Å². The van der Waals surface area contributed by atoms with Gasteiger partial charge in [-0.3, -0.25) is 4.79 Å². The normalized spacial score (nSPS) is 20.3. The SMILES string of the molecule is CCN1CCN(CCCNC(=O)c2cc(S(=O)(=O)N3CCSCC3)c[nH]2)CC1. The van der Waals surface area contributed by atoms with Gasteiger partial charge in [0.15, 0.2) is 0 Å². The molecule has 0 bridgehead atoms. The van der Waals surface area contributed by atoms with Crippen molar-refractivity contribution in [3.05, 3.63) is 18.0 Å². The van der Waals surface area contributed by atoms with Crippen LogP contribution >= 0.6 is 11.8 Å². The molecule has 8 nitrogen and oxygen atoms in total. The molecule has 158 valence electrons. The van der Waals surface area contributed by atoms with Gasteiger partial charge in [-0.2, -0.15) is 16.1 Å². The number of rotatable bonds is 8. The Morgan fingerprint density at radius 3 is 2.50 bits per heavy atom. The molecule has 3 rings (SSSR count). The average Bonchev–Trinajstić information content (AvgIpc) is 3.23. The van der Waals surface area contributed by atoms with Gasteiger partial charge in [0, 0.05) is 63.5 Å². The maximum atomic E-state index is 12.7. The number of nitrogens with zero attached hydrogens (tertiary/aromatic N) is 3. The van der Waals surface area contributed by atoms with Crippen molar-refractivity contribution in [3.63, 3.8) is 0 Å². The topological polar surface area (TPSA) is 88.8 Å². The van der Waals surface area contributed by atoms with Crippen LogP contribution in [-0.4, -0.2) is 104 Å². The van der Waals surface area contributed by atoms with E-state index >= 15 is 0 Å². The van der Waals surface area contributed by atoms with Crippen molar-refractivity contribution in [2.24, 2.45) is 0 Å². The molecule has 0 aromatic carbocycles. The molecule has 0 atom stereocenters. The fraction of sp³-hybridized carbons (Fsp3) is 0.722. The van der Waals surface area contributed by atoms with E-state index in [1.807, 2.05) is 0 Å². The molecule has 0 unspecified atom stereocenters. The van der Waals surface area contributed by atoms with Crippen LogP contribution in [0.1, 0.15) is 23.8 Å². The van der Waals surface area contributed by atoms with Crippen molar-refractivity contribution >= 4 is 27.7 Å². The zero-order valence-corrected chi connectivity index (χ0v) is 18.2. The van der Waals surface area contributed by atoms with Gasteiger partial charge in [-0.05, 0) is 25.6 Å². The lowest BCUT2D eigenvalue weighted by Crippen LogP contribution is -2.46. The van der Waals surface area contributed by atoms with Gasteiger partial charge in [0.05, 0.1) is 0 Å². The minimum absolute atomic E-state index is 0.165. The number of amides is 1. The third-order valence-electron chi connectivity index (χ3n) is 5.36. The molecule has 2 saturated heterocycles. The number of carbonyl (C=O) groups excluding carboxylic acids is 1. The molecular formula is C18H31N5O3S2. The lowest BCUT2D eigenvalue weighted by molar-refractivity contribution is 0.0944. The Bertz CT molecular complexity index is 738. The molecule has 2 fully saturated rings. The summed E-state index contributed by atoms with van der Waals surface area (Å²) in [5, 5.41) is 2.88. The first-order valence-corrected chi connectivity index (χ1v) is 12.6. The van der Waals surface area contributed by atoms with Gasteiger partial charge in [-0.15, -0.1) is 0 Å². The van der Waals surface area contributed by atoms with Gasteiger partial charge in [-0.1, -0.05) is 6.92 Å². The van der Waals surface area contributed by atoms with Crippen LogP contribution in [0.4, 0.5) is 0 Å². The minimum atomic E-state index is -3.52. The Morgan fingerprint density at radius 2 is 1.82 bits per heavy atom. The Morgan fingerprint density at radius 1 is 1.14 bits per heavy atom. The highest BCUT2D eigenvalue weighted by Gasteiger charge is 2.27. The number of likely N-dealkylation sites (N-methyl/N-ethyl adjacent to an activating group) is 1. The zero-order chi connectivity index (χ0) is 20.0. The maximum Gasteiger partial charge on any atom is 0.267 e. The number of carbonyl (C=O) groups is 1. The zero-order valence-electron chi connectivity index (χ0n) is 16.5. The van der Waals surface area contributed by atoms with Crippen LogP contribution in [-0.2, 0) is 10.0 Å². The molecule has 2 aliphatic rings. The number of aromatic amines is 1. The maximum absolute atomic E-state index is 12.7. The van der Waals surface area contributed by atoms with E-state index in [4.69, 9.17) is 0 Å². The quantitative estimate of drug-likeness (QED) is 0.586. The van der Waals surface area contributed by atoms with Crippen LogP contribution in [0.5, 0.6) is 0 Å². The van der Waals surface area contributed by atoms with Crippen molar-refractivity contribution in [2.75, 3.05) is 70.4 Å². The van der Waals surface area contributed by atoms with E-state index in [0.717, 1.165) is 57.2 Å². The predicted molar refractivity (Wildman–Crippen MR) is 112 cm³/mol. The smallest absolute Gasteiger partial charge is 0.267 e. The molecule has 1 aromatic heterocycles. The van der Waals surface area contributed by atoms with Gasteiger partial charge < -0.3 is 20.1 Å². The van der Waals surface area contributed by atoms with Crippen LogP contribution in [0, 0.1) is 0 Å². The van der Waals surface area contributed by atoms with Crippen LogP contribution < -0.4 is 5.32 Å². The molecule has 28 heavy (non-hydrogen) atoms. The second-order valence-corrected chi connectivity index (χ2v) is 10.3. The molecule has 1 aromatic rings. The van der Waals surface area contributed by atoms with Crippen molar-refractivity contribution in [3.8, 4) is 0 Å². The minimum Gasteiger partial charge on any atom is -0.356 e. The summed E-state index contributed by atoms with van der Waals surface area (Å²) in [5.74, 6) is 1.36. The van der Waals surface area contributed by atoms with Crippen molar-refractivity contribution in [2.45, 2.75) is 18.2 Å². The van der Waals surface area contributed by atoms with Crippen LogP contribution in [0.15, 0.2) is 17.2 Å². The van der Waals surface area contributed by atoms with Gasteiger partial charge in [0.2, 0.25) is 10.0 Å². The monoisotopic (exact) mass is 429 g/mol. The molecule has 2 aliphatic heterocycles. The molecular weight excluding hydrogens is 398 g/mol. The number of nitrogens with one attached hydrogen (secondary N) is 2. The number of hydrogen-bond acceptors (Lipinski definition) is 6. The second-order valence-electron chi connectivity index (χ2n) is 7.15. The third-order valence-corrected chi connectivity index (χ3v) is 8.18. The molecule has 2 N–H and O–H groups in total. The highest BCUT2D eigenvalue weighted by molar-refractivity contribution is 7.99. The number of sulfonamides is 1. The number of thioether (sulfide) groups is 1. The first-order valence-electron chi connectivity index (χ1n) is 10.00. The Hall–Kier alpha value is -1.07. The first-order chi connectivity index (χ1) is 13.5. The summed E-state index contributed by atoms with van der Waals surface area (Å²) in [5.41, 5.74) is 0.293. The Kier molecular flexibility index (Phi) is 7.81. The Balaban J connectivity index is 1.43. The largest absolute Gasteiger partial charge is 0.356 e. The van der Waals surface area contributed by atoms with Crippen LogP contribution in [0.3, 0.4) is 0 Å². The summed E-state index contributed by atoms with van der Waals surface area (Å²) >= 11 is 1.76.